The van der Waals surface area contributed by atoms with Crippen molar-refractivity contribution in [3.8, 4) is 0 Å². The SMILES string of the molecule is Cc1cccnc1NC(=O)COC(=O)c1ccc(N)cc1. The van der Waals surface area contributed by atoms with Gasteiger partial charge in [-0.15, -0.1) is 0 Å². The smallest absolute Gasteiger partial charge is 0.338 e. The first-order chi connectivity index (χ1) is 10.1. The number of pyridine rings is 1. The second-order valence-corrected chi connectivity index (χ2v) is 4.42. The summed E-state index contributed by atoms with van der Waals surface area (Å²) in [5, 5.41) is 2.58. The lowest BCUT2D eigenvalue weighted by Gasteiger charge is -2.07. The molecule has 0 bridgehead atoms. The van der Waals surface area contributed by atoms with Crippen molar-refractivity contribution in [1.29, 1.82) is 0 Å². The van der Waals surface area contributed by atoms with E-state index in [4.69, 9.17) is 10.5 Å². The Morgan fingerprint density at radius 2 is 1.95 bits per heavy atom. The first-order valence-corrected chi connectivity index (χ1v) is 6.30. The number of aromatic nitrogens is 1. The average molecular weight is 285 g/mol. The van der Waals surface area contributed by atoms with E-state index >= 15 is 0 Å². The van der Waals surface area contributed by atoms with Gasteiger partial charge in [0.25, 0.3) is 5.91 Å². The summed E-state index contributed by atoms with van der Waals surface area (Å²) in [7, 11) is 0. The molecule has 108 valence electrons. The number of anilines is 2. The third-order valence-corrected chi connectivity index (χ3v) is 2.75. The number of benzene rings is 1. The molecule has 0 aliphatic heterocycles. The second-order valence-electron chi connectivity index (χ2n) is 4.42. The highest BCUT2D eigenvalue weighted by molar-refractivity contribution is 5.95. The van der Waals surface area contributed by atoms with E-state index in [0.717, 1.165) is 5.56 Å². The molecule has 0 atom stereocenters. The zero-order chi connectivity index (χ0) is 15.2. The summed E-state index contributed by atoms with van der Waals surface area (Å²) in [6.45, 7) is 1.45. The minimum Gasteiger partial charge on any atom is -0.452 e. The first-order valence-electron chi connectivity index (χ1n) is 6.30. The summed E-state index contributed by atoms with van der Waals surface area (Å²) in [6, 6.07) is 9.86. The number of hydrogen-bond donors (Lipinski definition) is 2. The van der Waals surface area contributed by atoms with Crippen LogP contribution in [0.15, 0.2) is 42.6 Å². The largest absolute Gasteiger partial charge is 0.452 e. The van der Waals surface area contributed by atoms with Crippen molar-refractivity contribution in [3.63, 3.8) is 0 Å². The quantitative estimate of drug-likeness (QED) is 0.659. The maximum atomic E-state index is 11.7. The van der Waals surface area contributed by atoms with Crippen LogP contribution < -0.4 is 11.1 Å². The first kappa shape index (κ1) is 14.5. The van der Waals surface area contributed by atoms with Gasteiger partial charge in [0.1, 0.15) is 5.82 Å². The molecular formula is C15H15N3O3. The average Bonchev–Trinajstić information content (AvgIpc) is 2.48. The number of nitrogens with one attached hydrogen (secondary N) is 1. The summed E-state index contributed by atoms with van der Waals surface area (Å²) < 4.78 is 4.92. The van der Waals surface area contributed by atoms with Crippen LogP contribution in [0.1, 0.15) is 15.9 Å². The van der Waals surface area contributed by atoms with Crippen LogP contribution in [0.4, 0.5) is 11.5 Å². The molecule has 2 aromatic rings. The number of carbonyl (C=O) groups excluding carboxylic acids is 2. The molecule has 1 aromatic carbocycles. The number of carbonyl (C=O) groups is 2. The number of hydrogen-bond acceptors (Lipinski definition) is 5. The third-order valence-electron chi connectivity index (χ3n) is 2.75. The van der Waals surface area contributed by atoms with Gasteiger partial charge in [-0.2, -0.15) is 0 Å². The lowest BCUT2D eigenvalue weighted by Crippen LogP contribution is -2.21. The molecule has 1 aromatic heterocycles. The third kappa shape index (κ3) is 4.04. The highest BCUT2D eigenvalue weighted by atomic mass is 16.5. The van der Waals surface area contributed by atoms with E-state index in [0.29, 0.717) is 17.1 Å². The van der Waals surface area contributed by atoms with Crippen LogP contribution >= 0.6 is 0 Å². The number of ether oxygens (including phenoxy) is 1. The van der Waals surface area contributed by atoms with Gasteiger partial charge in [0.15, 0.2) is 6.61 Å². The maximum absolute atomic E-state index is 11.7. The fourth-order valence-corrected chi connectivity index (χ4v) is 1.62. The molecule has 0 saturated heterocycles. The van der Waals surface area contributed by atoms with Crippen LogP contribution in [0.25, 0.3) is 0 Å². The lowest BCUT2D eigenvalue weighted by molar-refractivity contribution is -0.119. The van der Waals surface area contributed by atoms with E-state index in [1.807, 2.05) is 13.0 Å². The van der Waals surface area contributed by atoms with E-state index in [-0.39, 0.29) is 6.61 Å². The Hall–Kier alpha value is -2.89. The number of nitrogen functional groups attached to an aromatic ring is 1. The molecule has 0 fully saturated rings. The van der Waals surface area contributed by atoms with E-state index in [1.165, 1.54) is 0 Å². The highest BCUT2D eigenvalue weighted by Gasteiger charge is 2.11. The van der Waals surface area contributed by atoms with Crippen molar-refractivity contribution in [3.05, 3.63) is 53.7 Å². The zero-order valence-corrected chi connectivity index (χ0v) is 11.5. The monoisotopic (exact) mass is 285 g/mol. The Kier molecular flexibility index (Phi) is 4.50. The van der Waals surface area contributed by atoms with Crippen molar-refractivity contribution < 1.29 is 14.3 Å². The van der Waals surface area contributed by atoms with Gasteiger partial charge in [0.05, 0.1) is 5.56 Å². The summed E-state index contributed by atoms with van der Waals surface area (Å²) >= 11 is 0. The molecule has 0 spiro atoms. The molecule has 21 heavy (non-hydrogen) atoms. The van der Waals surface area contributed by atoms with Crippen LogP contribution in [0.5, 0.6) is 0 Å². The molecule has 0 aliphatic rings. The maximum Gasteiger partial charge on any atom is 0.338 e. The second kappa shape index (κ2) is 6.51. The standard InChI is InChI=1S/C15H15N3O3/c1-10-3-2-8-17-14(10)18-13(19)9-21-15(20)11-4-6-12(16)7-5-11/h2-8H,9,16H2,1H3,(H,17,18,19). The molecule has 0 unspecified atom stereocenters. The summed E-state index contributed by atoms with van der Waals surface area (Å²) in [5.41, 5.74) is 7.25. The van der Waals surface area contributed by atoms with Crippen LogP contribution in [0.2, 0.25) is 0 Å². The predicted octanol–water partition coefficient (Wildman–Crippen LogP) is 1.77. The Morgan fingerprint density at radius 3 is 2.62 bits per heavy atom. The fraction of sp³-hybridized carbons (Fsp3) is 0.133. The Labute approximate surface area is 121 Å². The van der Waals surface area contributed by atoms with Gasteiger partial charge in [0, 0.05) is 11.9 Å². The fourth-order valence-electron chi connectivity index (χ4n) is 1.62. The zero-order valence-electron chi connectivity index (χ0n) is 11.5. The Morgan fingerprint density at radius 1 is 1.24 bits per heavy atom. The topological polar surface area (TPSA) is 94.3 Å². The molecule has 2 rings (SSSR count). The molecule has 1 amide bonds. The molecule has 1 heterocycles. The van der Waals surface area contributed by atoms with Gasteiger partial charge >= 0.3 is 5.97 Å². The molecular weight excluding hydrogens is 270 g/mol. The molecule has 0 aliphatic carbocycles. The Bertz CT molecular complexity index is 653. The van der Waals surface area contributed by atoms with Gasteiger partial charge in [-0.3, -0.25) is 4.79 Å². The minimum absolute atomic E-state index is 0.339. The summed E-state index contributed by atoms with van der Waals surface area (Å²) in [5.74, 6) is -0.575. The molecule has 6 nitrogen and oxygen atoms in total. The number of aryl methyl sites for hydroxylation is 1. The molecule has 6 heteroatoms. The molecule has 3 N–H and O–H groups in total. The summed E-state index contributed by atoms with van der Waals surface area (Å²) in [6.07, 6.45) is 1.57. The van der Waals surface area contributed by atoms with Crippen molar-refractivity contribution in [2.45, 2.75) is 6.92 Å². The lowest BCUT2D eigenvalue weighted by atomic mass is 10.2. The van der Waals surface area contributed by atoms with Crippen molar-refractivity contribution >= 4 is 23.4 Å². The minimum atomic E-state index is -0.581. The van der Waals surface area contributed by atoms with Crippen molar-refractivity contribution in [1.82, 2.24) is 4.98 Å². The highest BCUT2D eigenvalue weighted by Crippen LogP contribution is 2.09. The van der Waals surface area contributed by atoms with E-state index in [1.54, 1.807) is 36.5 Å². The van der Waals surface area contributed by atoms with Crippen LogP contribution in [-0.2, 0) is 9.53 Å². The van der Waals surface area contributed by atoms with Crippen molar-refractivity contribution in [2.24, 2.45) is 0 Å². The van der Waals surface area contributed by atoms with E-state index in [9.17, 15) is 9.59 Å². The van der Waals surface area contributed by atoms with E-state index in [2.05, 4.69) is 10.3 Å². The number of amides is 1. The summed E-state index contributed by atoms with van der Waals surface area (Å²) in [4.78, 5) is 27.5. The van der Waals surface area contributed by atoms with Gasteiger partial charge in [-0.05, 0) is 42.8 Å². The molecule has 0 radical (unpaired) electrons. The number of esters is 1. The Balaban J connectivity index is 1.88. The normalized spacial score (nSPS) is 9.95. The number of nitrogens with zero attached hydrogens (tertiary/aromatic N) is 1. The predicted molar refractivity (Wildman–Crippen MR) is 78.7 cm³/mol. The van der Waals surface area contributed by atoms with Crippen LogP contribution in [0.3, 0.4) is 0 Å². The van der Waals surface area contributed by atoms with Gasteiger partial charge in [-0.1, -0.05) is 6.07 Å². The van der Waals surface area contributed by atoms with E-state index < -0.39 is 11.9 Å². The van der Waals surface area contributed by atoms with Crippen LogP contribution in [-0.4, -0.2) is 23.5 Å². The number of rotatable bonds is 4. The van der Waals surface area contributed by atoms with Crippen molar-refractivity contribution in [2.75, 3.05) is 17.7 Å². The van der Waals surface area contributed by atoms with Crippen LogP contribution in [0, 0.1) is 6.92 Å². The van der Waals surface area contributed by atoms with Gasteiger partial charge in [0.2, 0.25) is 0 Å². The molecule has 0 saturated carbocycles. The van der Waals surface area contributed by atoms with Gasteiger partial charge < -0.3 is 15.8 Å². The van der Waals surface area contributed by atoms with Gasteiger partial charge in [-0.25, -0.2) is 9.78 Å². The number of nitrogens with two attached hydrogens (primary N) is 1.